The van der Waals surface area contributed by atoms with Crippen molar-refractivity contribution >= 4 is 21.9 Å². The molecule has 0 spiro atoms. The van der Waals surface area contributed by atoms with Crippen LogP contribution in [-0.2, 0) is 14.9 Å². The number of methoxy groups -OCH3 is 1. The highest BCUT2D eigenvalue weighted by molar-refractivity contribution is 9.10. The van der Waals surface area contributed by atoms with Crippen molar-refractivity contribution in [3.63, 3.8) is 0 Å². The number of hydrogen-bond acceptors (Lipinski definition) is 3. The van der Waals surface area contributed by atoms with E-state index in [1.807, 2.05) is 24.3 Å². The van der Waals surface area contributed by atoms with Crippen molar-refractivity contribution in [1.29, 1.82) is 0 Å². The molecule has 0 aromatic heterocycles. The van der Waals surface area contributed by atoms with Gasteiger partial charge in [0.2, 0.25) is 0 Å². The Morgan fingerprint density at radius 1 is 1.56 bits per heavy atom. The van der Waals surface area contributed by atoms with Crippen LogP contribution in [0, 0.1) is 0 Å². The first-order valence-electron chi connectivity index (χ1n) is 5.24. The first-order valence-corrected chi connectivity index (χ1v) is 6.03. The third-order valence-electron chi connectivity index (χ3n) is 3.11. The Hall–Kier alpha value is -0.870. The van der Waals surface area contributed by atoms with E-state index in [9.17, 15) is 4.79 Å². The highest BCUT2D eigenvalue weighted by Gasteiger charge is 2.43. The van der Waals surface area contributed by atoms with E-state index in [4.69, 9.17) is 4.74 Å². The lowest BCUT2D eigenvalue weighted by atomic mass is 9.80. The minimum atomic E-state index is -0.515. The molecular formula is C12H14BrNO2. The number of ether oxygens (including phenoxy) is 1. The van der Waals surface area contributed by atoms with Crippen LogP contribution < -0.4 is 5.32 Å². The number of hydrogen-bond donors (Lipinski definition) is 1. The zero-order chi connectivity index (χ0) is 11.6. The Morgan fingerprint density at radius 2 is 2.38 bits per heavy atom. The van der Waals surface area contributed by atoms with Gasteiger partial charge in [0, 0.05) is 11.0 Å². The van der Waals surface area contributed by atoms with Crippen LogP contribution in [0.3, 0.4) is 0 Å². The lowest BCUT2D eigenvalue weighted by Gasteiger charge is -2.25. The predicted octanol–water partition coefficient (Wildman–Crippen LogP) is 1.85. The third-order valence-corrected chi connectivity index (χ3v) is 3.60. The van der Waals surface area contributed by atoms with Crippen molar-refractivity contribution in [3.8, 4) is 0 Å². The third kappa shape index (κ3) is 1.87. The molecule has 0 amide bonds. The SMILES string of the molecule is COC(=O)C1(c2cccc(Br)c2)CCNC1. The maximum absolute atomic E-state index is 12.0. The summed E-state index contributed by atoms with van der Waals surface area (Å²) in [6.45, 7) is 1.50. The topological polar surface area (TPSA) is 38.3 Å². The normalized spacial score (nSPS) is 24.4. The van der Waals surface area contributed by atoms with Gasteiger partial charge in [-0.2, -0.15) is 0 Å². The van der Waals surface area contributed by atoms with Crippen LogP contribution in [0.25, 0.3) is 0 Å². The molecule has 1 unspecified atom stereocenters. The van der Waals surface area contributed by atoms with Gasteiger partial charge in [0.05, 0.1) is 7.11 Å². The molecule has 1 heterocycles. The van der Waals surface area contributed by atoms with E-state index >= 15 is 0 Å². The molecule has 0 bridgehead atoms. The first-order chi connectivity index (χ1) is 7.69. The fraction of sp³-hybridized carbons (Fsp3) is 0.417. The summed E-state index contributed by atoms with van der Waals surface area (Å²) in [4.78, 5) is 12.0. The second kappa shape index (κ2) is 4.55. The van der Waals surface area contributed by atoms with Crippen LogP contribution >= 0.6 is 15.9 Å². The standard InChI is InChI=1S/C12H14BrNO2/c1-16-11(15)12(5-6-14-8-12)9-3-2-4-10(13)7-9/h2-4,7,14H,5-6,8H2,1H3. The summed E-state index contributed by atoms with van der Waals surface area (Å²) in [5, 5.41) is 3.23. The van der Waals surface area contributed by atoms with Crippen LogP contribution in [0.4, 0.5) is 0 Å². The number of halogens is 1. The Kier molecular flexibility index (Phi) is 3.30. The molecule has 1 fully saturated rings. The smallest absolute Gasteiger partial charge is 0.317 e. The highest BCUT2D eigenvalue weighted by Crippen LogP contribution is 2.33. The first kappa shape index (κ1) is 11.6. The number of carbonyl (C=O) groups excluding carboxylic acids is 1. The van der Waals surface area contributed by atoms with E-state index in [-0.39, 0.29) is 5.97 Å². The largest absolute Gasteiger partial charge is 0.468 e. The van der Waals surface area contributed by atoms with Crippen LogP contribution in [0.15, 0.2) is 28.7 Å². The Morgan fingerprint density at radius 3 is 2.94 bits per heavy atom. The van der Waals surface area contributed by atoms with Crippen LogP contribution in [-0.4, -0.2) is 26.2 Å². The van der Waals surface area contributed by atoms with Crippen LogP contribution in [0.5, 0.6) is 0 Å². The zero-order valence-corrected chi connectivity index (χ0v) is 10.7. The number of esters is 1. The van der Waals surface area contributed by atoms with E-state index in [2.05, 4.69) is 21.2 Å². The number of carbonyl (C=O) groups is 1. The summed E-state index contributed by atoms with van der Waals surface area (Å²) in [5.74, 6) is -0.157. The molecule has 1 saturated heterocycles. The fourth-order valence-electron chi connectivity index (χ4n) is 2.21. The average Bonchev–Trinajstić information content (AvgIpc) is 2.78. The Bertz CT molecular complexity index is 400. The van der Waals surface area contributed by atoms with Crippen molar-refractivity contribution in [1.82, 2.24) is 5.32 Å². The van der Waals surface area contributed by atoms with Gasteiger partial charge in [-0.05, 0) is 30.7 Å². The predicted molar refractivity (Wildman–Crippen MR) is 65.3 cm³/mol. The molecule has 16 heavy (non-hydrogen) atoms. The maximum Gasteiger partial charge on any atom is 0.317 e. The molecule has 0 radical (unpaired) electrons. The van der Waals surface area contributed by atoms with E-state index in [1.54, 1.807) is 0 Å². The summed E-state index contributed by atoms with van der Waals surface area (Å²) in [5.41, 5.74) is 0.497. The molecule has 3 nitrogen and oxygen atoms in total. The van der Waals surface area contributed by atoms with E-state index in [1.165, 1.54) is 7.11 Å². The van der Waals surface area contributed by atoms with Gasteiger partial charge in [-0.15, -0.1) is 0 Å². The van der Waals surface area contributed by atoms with Crippen molar-refractivity contribution in [2.24, 2.45) is 0 Å². The van der Waals surface area contributed by atoms with E-state index in [0.717, 1.165) is 23.0 Å². The maximum atomic E-state index is 12.0. The van der Waals surface area contributed by atoms with Crippen LogP contribution in [0.2, 0.25) is 0 Å². The van der Waals surface area contributed by atoms with Gasteiger partial charge in [-0.1, -0.05) is 28.1 Å². The molecule has 1 N–H and O–H groups in total. The van der Waals surface area contributed by atoms with Gasteiger partial charge in [0.25, 0.3) is 0 Å². The number of rotatable bonds is 2. The summed E-state index contributed by atoms with van der Waals surface area (Å²) in [7, 11) is 1.44. The van der Waals surface area contributed by atoms with Gasteiger partial charge >= 0.3 is 5.97 Å². The summed E-state index contributed by atoms with van der Waals surface area (Å²) in [6, 6.07) is 7.87. The Labute approximate surface area is 103 Å². The molecular weight excluding hydrogens is 270 g/mol. The number of benzene rings is 1. The molecule has 86 valence electrons. The fourth-order valence-corrected chi connectivity index (χ4v) is 2.61. The molecule has 1 aromatic carbocycles. The average molecular weight is 284 g/mol. The van der Waals surface area contributed by atoms with Crippen molar-refractivity contribution in [3.05, 3.63) is 34.3 Å². The van der Waals surface area contributed by atoms with E-state index < -0.39 is 5.41 Å². The molecule has 4 heteroatoms. The van der Waals surface area contributed by atoms with Crippen molar-refractivity contribution in [2.45, 2.75) is 11.8 Å². The van der Waals surface area contributed by atoms with Crippen molar-refractivity contribution in [2.75, 3.05) is 20.2 Å². The zero-order valence-electron chi connectivity index (χ0n) is 9.13. The lowest BCUT2D eigenvalue weighted by molar-refractivity contribution is -0.146. The number of nitrogens with one attached hydrogen (secondary N) is 1. The highest BCUT2D eigenvalue weighted by atomic mass is 79.9. The Balaban J connectivity index is 2.43. The second-order valence-electron chi connectivity index (χ2n) is 4.01. The van der Waals surface area contributed by atoms with Gasteiger partial charge in [0.15, 0.2) is 0 Å². The van der Waals surface area contributed by atoms with Gasteiger partial charge < -0.3 is 10.1 Å². The summed E-state index contributed by atoms with van der Waals surface area (Å²) >= 11 is 3.43. The minimum absolute atomic E-state index is 0.157. The van der Waals surface area contributed by atoms with E-state index in [0.29, 0.717) is 6.54 Å². The molecule has 1 aliphatic heterocycles. The minimum Gasteiger partial charge on any atom is -0.468 e. The quantitative estimate of drug-likeness (QED) is 0.842. The molecule has 1 aliphatic rings. The molecule has 0 aliphatic carbocycles. The molecule has 1 aromatic rings. The monoisotopic (exact) mass is 283 g/mol. The summed E-state index contributed by atoms with van der Waals surface area (Å²) < 4.78 is 5.92. The van der Waals surface area contributed by atoms with Gasteiger partial charge in [-0.25, -0.2) is 0 Å². The van der Waals surface area contributed by atoms with Gasteiger partial charge in [0.1, 0.15) is 5.41 Å². The van der Waals surface area contributed by atoms with Crippen LogP contribution in [0.1, 0.15) is 12.0 Å². The second-order valence-corrected chi connectivity index (χ2v) is 4.93. The molecule has 0 saturated carbocycles. The molecule has 1 atom stereocenters. The van der Waals surface area contributed by atoms with Gasteiger partial charge in [-0.3, -0.25) is 4.79 Å². The molecule has 2 rings (SSSR count). The summed E-state index contributed by atoms with van der Waals surface area (Å²) in [6.07, 6.45) is 0.788. The lowest BCUT2D eigenvalue weighted by Crippen LogP contribution is -2.39. The van der Waals surface area contributed by atoms with Crippen molar-refractivity contribution < 1.29 is 9.53 Å².